The highest BCUT2D eigenvalue weighted by Crippen LogP contribution is 2.48. The second-order valence-corrected chi connectivity index (χ2v) is 13.5. The zero-order chi connectivity index (χ0) is 31.0. The van der Waals surface area contributed by atoms with Crippen molar-refractivity contribution in [2.45, 2.75) is 50.5 Å². The summed E-state index contributed by atoms with van der Waals surface area (Å²) >= 11 is 7.69. The van der Waals surface area contributed by atoms with Crippen molar-refractivity contribution in [2.75, 3.05) is 7.11 Å². The molecule has 1 unspecified atom stereocenters. The molecule has 0 fully saturated rings. The maximum Gasteiger partial charge on any atom is 0.311 e. The third-order valence-electron chi connectivity index (χ3n) is 8.07. The van der Waals surface area contributed by atoms with Crippen LogP contribution in [0, 0.1) is 5.41 Å². The number of ketones is 1. The molecule has 0 bridgehead atoms. The van der Waals surface area contributed by atoms with Gasteiger partial charge in [-0.15, -0.1) is 11.8 Å². The summed E-state index contributed by atoms with van der Waals surface area (Å²) in [5.41, 5.74) is 5.55. The summed E-state index contributed by atoms with van der Waals surface area (Å²) in [5, 5.41) is 1.21. The zero-order valence-corrected chi connectivity index (χ0v) is 26.7. The second-order valence-electron chi connectivity index (χ2n) is 11.7. The first-order chi connectivity index (χ1) is 21.2. The molecule has 2 aromatic heterocycles. The highest BCUT2D eigenvalue weighted by Gasteiger charge is 2.38. The molecule has 0 radical (unpaired) electrons. The molecule has 0 saturated heterocycles. The van der Waals surface area contributed by atoms with Gasteiger partial charge in [0.25, 0.3) is 0 Å². The van der Waals surface area contributed by atoms with Gasteiger partial charge in [0.1, 0.15) is 12.4 Å². The molecule has 3 heterocycles. The van der Waals surface area contributed by atoms with Crippen LogP contribution in [0.1, 0.15) is 48.1 Å². The van der Waals surface area contributed by atoms with Gasteiger partial charge >= 0.3 is 5.97 Å². The molecule has 224 valence electrons. The number of benzene rings is 3. The smallest absolute Gasteiger partial charge is 0.311 e. The Kier molecular flexibility index (Phi) is 8.27. The van der Waals surface area contributed by atoms with Gasteiger partial charge in [0, 0.05) is 46.4 Å². The molecule has 44 heavy (non-hydrogen) atoms. The van der Waals surface area contributed by atoms with E-state index in [2.05, 4.69) is 21.7 Å². The predicted molar refractivity (Wildman–Crippen MR) is 176 cm³/mol. The van der Waals surface area contributed by atoms with E-state index in [1.807, 2.05) is 93.7 Å². The lowest BCUT2D eigenvalue weighted by Crippen LogP contribution is -2.30. The maximum atomic E-state index is 13.9. The Morgan fingerprint density at radius 1 is 1.00 bits per heavy atom. The van der Waals surface area contributed by atoms with E-state index in [1.165, 1.54) is 18.9 Å². The van der Waals surface area contributed by atoms with E-state index in [0.717, 1.165) is 43.9 Å². The summed E-state index contributed by atoms with van der Waals surface area (Å²) in [6, 6.07) is 25.8. The Hall–Kier alpha value is -4.07. The van der Waals surface area contributed by atoms with Crippen molar-refractivity contribution in [1.29, 1.82) is 0 Å². The van der Waals surface area contributed by atoms with Crippen LogP contribution in [-0.4, -0.2) is 33.7 Å². The summed E-state index contributed by atoms with van der Waals surface area (Å²) in [4.78, 5) is 32.2. The van der Waals surface area contributed by atoms with Gasteiger partial charge in [-0.3, -0.25) is 14.6 Å². The molecule has 5 aromatic rings. The average molecular weight is 625 g/mol. The van der Waals surface area contributed by atoms with Gasteiger partial charge in [0.15, 0.2) is 5.78 Å². The summed E-state index contributed by atoms with van der Waals surface area (Å²) in [7, 11) is 1.40. The summed E-state index contributed by atoms with van der Waals surface area (Å²) < 4.78 is 13.7. The van der Waals surface area contributed by atoms with E-state index < -0.39 is 5.41 Å². The van der Waals surface area contributed by atoms with Gasteiger partial charge in [-0.2, -0.15) is 0 Å². The Bertz CT molecular complexity index is 1850. The number of methoxy groups -OCH3 is 1. The molecule has 8 heteroatoms. The highest BCUT2D eigenvalue weighted by molar-refractivity contribution is 8.01. The number of hydrogen-bond acceptors (Lipinski definition) is 6. The van der Waals surface area contributed by atoms with E-state index in [4.69, 9.17) is 21.1 Å². The summed E-state index contributed by atoms with van der Waals surface area (Å²) in [6.45, 7) is 6.44. The molecule has 6 nitrogen and oxygen atoms in total. The van der Waals surface area contributed by atoms with Crippen molar-refractivity contribution < 1.29 is 19.1 Å². The van der Waals surface area contributed by atoms with Crippen LogP contribution in [0.15, 0.2) is 90.0 Å². The molecule has 0 spiro atoms. The quantitative estimate of drug-likeness (QED) is 0.153. The summed E-state index contributed by atoms with van der Waals surface area (Å²) in [5.74, 6) is 0.432. The van der Waals surface area contributed by atoms with Crippen LogP contribution in [0.5, 0.6) is 5.75 Å². The first kappa shape index (κ1) is 30.0. The molecule has 1 aliphatic rings. The molecule has 0 saturated carbocycles. The molecule has 0 amide bonds. The zero-order valence-electron chi connectivity index (χ0n) is 25.1. The third kappa shape index (κ3) is 5.74. The Morgan fingerprint density at radius 2 is 1.75 bits per heavy atom. The topological polar surface area (TPSA) is 70.4 Å². The Labute approximate surface area is 266 Å². The normalized spacial score (nSPS) is 14.6. The highest BCUT2D eigenvalue weighted by atomic mass is 35.5. The van der Waals surface area contributed by atoms with Crippen LogP contribution in [0.4, 0.5) is 0 Å². The van der Waals surface area contributed by atoms with Crippen LogP contribution >= 0.6 is 23.4 Å². The van der Waals surface area contributed by atoms with Gasteiger partial charge in [0.05, 0.1) is 33.9 Å². The van der Waals surface area contributed by atoms with Crippen LogP contribution < -0.4 is 4.74 Å². The number of aromatic nitrogens is 2. The van der Waals surface area contributed by atoms with Crippen LogP contribution in [0.25, 0.3) is 22.0 Å². The lowest BCUT2D eigenvalue weighted by molar-refractivity contribution is -0.150. The number of ether oxygens (including phenoxy) is 2. The molecular weight excluding hydrogens is 592 g/mol. The lowest BCUT2D eigenvalue weighted by Gasteiger charge is -2.25. The third-order valence-corrected chi connectivity index (χ3v) is 9.53. The fraction of sp³-hybridized carbons (Fsp3) is 0.250. The van der Waals surface area contributed by atoms with Crippen molar-refractivity contribution in [3.63, 3.8) is 0 Å². The molecule has 1 aliphatic heterocycles. The molecule has 3 aromatic carbocycles. The number of carbonyl (C=O) groups excluding carboxylic acids is 2. The fourth-order valence-electron chi connectivity index (χ4n) is 5.74. The van der Waals surface area contributed by atoms with E-state index in [9.17, 15) is 9.59 Å². The van der Waals surface area contributed by atoms with Crippen molar-refractivity contribution in [3.05, 3.63) is 113 Å². The number of carbonyl (C=O) groups is 2. The van der Waals surface area contributed by atoms with E-state index in [-0.39, 0.29) is 17.0 Å². The maximum absolute atomic E-state index is 13.9. The molecule has 6 rings (SSSR count). The van der Waals surface area contributed by atoms with E-state index in [0.29, 0.717) is 35.9 Å². The van der Waals surface area contributed by atoms with Gasteiger partial charge < -0.3 is 14.0 Å². The van der Waals surface area contributed by atoms with Gasteiger partial charge in [-0.25, -0.2) is 0 Å². The number of pyridine rings is 1. The predicted octanol–water partition coefficient (Wildman–Crippen LogP) is 8.40. The summed E-state index contributed by atoms with van der Waals surface area (Å²) in [6.07, 6.45) is 2.20. The number of halogens is 1. The Morgan fingerprint density at radius 3 is 2.43 bits per heavy atom. The number of esters is 1. The average Bonchev–Trinajstić information content (AvgIpc) is 3.33. The van der Waals surface area contributed by atoms with Crippen LogP contribution in [0.2, 0.25) is 5.02 Å². The Balaban J connectivity index is 1.41. The lowest BCUT2D eigenvalue weighted by atomic mass is 9.85. The largest absolute Gasteiger partial charge is 0.486 e. The number of hydrogen-bond donors (Lipinski definition) is 0. The van der Waals surface area contributed by atoms with E-state index in [1.54, 1.807) is 0 Å². The minimum atomic E-state index is -0.845. The number of rotatable bonds is 9. The first-order valence-corrected chi connectivity index (χ1v) is 15.8. The molecule has 0 aliphatic carbocycles. The van der Waals surface area contributed by atoms with Crippen molar-refractivity contribution in [1.82, 2.24) is 9.55 Å². The SMILES string of the molecule is COC(=O)C(C)(C)Cc1c2c3c(c(OCc4ccc(-c5ccccc5)cn4)ccc3n1Cc1ccc(Cl)cc1)SC(C)C2=O. The first-order valence-electron chi connectivity index (χ1n) is 14.5. The second kappa shape index (κ2) is 12.1. The van der Waals surface area contributed by atoms with Gasteiger partial charge in [-0.1, -0.05) is 60.1 Å². The van der Waals surface area contributed by atoms with Crippen molar-refractivity contribution in [3.8, 4) is 16.9 Å². The fourth-order valence-corrected chi connectivity index (χ4v) is 7.01. The van der Waals surface area contributed by atoms with Gasteiger partial charge in [0.2, 0.25) is 0 Å². The van der Waals surface area contributed by atoms with Gasteiger partial charge in [-0.05, 0) is 62.2 Å². The van der Waals surface area contributed by atoms with Crippen molar-refractivity contribution >= 4 is 46.0 Å². The van der Waals surface area contributed by atoms with Crippen LogP contribution in [0.3, 0.4) is 0 Å². The molecular formula is C36H33ClN2O4S. The minimum Gasteiger partial charge on any atom is -0.486 e. The number of Topliss-reactive ketones (excluding diaryl/α,β-unsaturated/α-hetero) is 1. The van der Waals surface area contributed by atoms with Crippen molar-refractivity contribution in [2.24, 2.45) is 5.41 Å². The monoisotopic (exact) mass is 624 g/mol. The number of thioether (sulfide) groups is 1. The van der Waals surface area contributed by atoms with E-state index >= 15 is 0 Å². The number of nitrogens with zero attached hydrogens (tertiary/aromatic N) is 2. The minimum absolute atomic E-state index is 0.0494. The van der Waals surface area contributed by atoms with Crippen LogP contribution in [-0.2, 0) is 29.1 Å². The molecule has 0 N–H and O–H groups in total. The molecule has 1 atom stereocenters. The standard InChI is InChI=1S/C36H33ClN2O4S/c1-22-33(40)31-29(18-36(2,3)35(41)42-4)39(20-23-10-13-26(37)14-11-23)28-16-17-30(34(44-22)32(28)31)43-21-27-15-12-25(19-38-27)24-8-6-5-7-9-24/h5-17,19,22H,18,20-21H2,1-4H3.